The number of fused-ring (bicyclic) bond motifs is 1. The molecule has 8 heteroatoms. The standard InChI is InChI=1S/C13H8BrNO4S2/c14-10-8-4-2-1-3-7(8)5-6-9(10)21(18,19)12-11(16)15-13(17)20-12/h1-6,12H,(H,15,16,17). The Bertz CT molecular complexity index is 879. The smallest absolute Gasteiger partial charge is 0.285 e. The van der Waals surface area contributed by atoms with E-state index in [1.54, 1.807) is 18.2 Å². The number of carbonyl (C=O) groups excluding carboxylic acids is 2. The molecule has 1 aliphatic rings. The van der Waals surface area contributed by atoms with Crippen LogP contribution in [-0.4, -0.2) is 24.1 Å². The van der Waals surface area contributed by atoms with Crippen LogP contribution in [0.4, 0.5) is 4.79 Å². The van der Waals surface area contributed by atoms with Crippen LogP contribution in [0.3, 0.4) is 0 Å². The van der Waals surface area contributed by atoms with Gasteiger partial charge in [0, 0.05) is 4.47 Å². The Balaban J connectivity index is 2.18. The minimum absolute atomic E-state index is 0.00329. The van der Waals surface area contributed by atoms with E-state index in [0.717, 1.165) is 10.8 Å². The number of carbonyl (C=O) groups is 2. The summed E-state index contributed by atoms with van der Waals surface area (Å²) in [6.45, 7) is 0. The highest BCUT2D eigenvalue weighted by molar-refractivity contribution is 9.10. The maximum Gasteiger partial charge on any atom is 0.287 e. The van der Waals surface area contributed by atoms with Crippen LogP contribution in [0.25, 0.3) is 10.8 Å². The number of nitrogens with one attached hydrogen (secondary N) is 1. The van der Waals surface area contributed by atoms with Crippen molar-refractivity contribution < 1.29 is 18.0 Å². The lowest BCUT2D eigenvalue weighted by Gasteiger charge is -2.11. The van der Waals surface area contributed by atoms with Crippen LogP contribution in [0.5, 0.6) is 0 Å². The molecule has 3 rings (SSSR count). The highest BCUT2D eigenvalue weighted by Crippen LogP contribution is 2.36. The van der Waals surface area contributed by atoms with Crippen molar-refractivity contribution in [2.24, 2.45) is 0 Å². The fraction of sp³-hybridized carbons (Fsp3) is 0.0769. The number of hydrogen-bond donors (Lipinski definition) is 1. The number of sulfone groups is 1. The number of amides is 2. The lowest BCUT2D eigenvalue weighted by atomic mass is 10.1. The van der Waals surface area contributed by atoms with E-state index in [1.807, 2.05) is 17.4 Å². The summed E-state index contributed by atoms with van der Waals surface area (Å²) in [5.41, 5.74) is 0. The fourth-order valence-corrected chi connectivity index (χ4v) is 6.05. The molecule has 0 radical (unpaired) electrons. The van der Waals surface area contributed by atoms with Crippen molar-refractivity contribution in [2.45, 2.75) is 9.48 Å². The summed E-state index contributed by atoms with van der Waals surface area (Å²) in [6.07, 6.45) is 0. The molecule has 0 bridgehead atoms. The number of benzene rings is 2. The predicted octanol–water partition coefficient (Wildman–Crippen LogP) is 2.69. The van der Waals surface area contributed by atoms with Gasteiger partial charge in [0.25, 0.3) is 11.1 Å². The lowest BCUT2D eigenvalue weighted by Crippen LogP contribution is -2.30. The van der Waals surface area contributed by atoms with Crippen molar-refractivity contribution in [3.8, 4) is 0 Å². The number of imide groups is 1. The van der Waals surface area contributed by atoms with E-state index < -0.39 is 25.6 Å². The molecule has 2 amide bonds. The second-order valence-corrected chi connectivity index (χ2v) is 8.54. The number of halogens is 1. The zero-order valence-corrected chi connectivity index (χ0v) is 13.6. The monoisotopic (exact) mass is 385 g/mol. The van der Waals surface area contributed by atoms with Crippen LogP contribution in [0.1, 0.15) is 0 Å². The van der Waals surface area contributed by atoms with Gasteiger partial charge < -0.3 is 0 Å². The molecule has 1 heterocycles. The van der Waals surface area contributed by atoms with Crippen LogP contribution < -0.4 is 5.32 Å². The largest absolute Gasteiger partial charge is 0.287 e. The minimum atomic E-state index is -3.96. The molecule has 1 saturated heterocycles. The van der Waals surface area contributed by atoms with Crippen molar-refractivity contribution in [3.63, 3.8) is 0 Å². The average molecular weight is 386 g/mol. The number of hydrogen-bond acceptors (Lipinski definition) is 5. The van der Waals surface area contributed by atoms with Crippen molar-refractivity contribution >= 4 is 59.4 Å². The van der Waals surface area contributed by atoms with E-state index in [1.165, 1.54) is 6.07 Å². The van der Waals surface area contributed by atoms with E-state index >= 15 is 0 Å². The molecule has 1 N–H and O–H groups in total. The van der Waals surface area contributed by atoms with Crippen molar-refractivity contribution in [2.75, 3.05) is 0 Å². The Morgan fingerprint density at radius 1 is 1.10 bits per heavy atom. The summed E-state index contributed by atoms with van der Waals surface area (Å²) in [5.74, 6) is -0.801. The predicted molar refractivity (Wildman–Crippen MR) is 83.8 cm³/mol. The molecule has 2 aromatic rings. The van der Waals surface area contributed by atoms with Gasteiger partial charge in [-0.2, -0.15) is 0 Å². The van der Waals surface area contributed by atoms with Gasteiger partial charge in [0.05, 0.1) is 4.90 Å². The Hall–Kier alpha value is -1.38. The second kappa shape index (κ2) is 5.11. The third-order valence-electron chi connectivity index (χ3n) is 3.07. The zero-order chi connectivity index (χ0) is 15.2. The third-order valence-corrected chi connectivity index (χ3v) is 7.71. The third kappa shape index (κ3) is 2.37. The molecule has 0 aliphatic carbocycles. The average Bonchev–Trinajstić information content (AvgIpc) is 2.79. The Labute approximate surface area is 133 Å². The van der Waals surface area contributed by atoms with Gasteiger partial charge in [-0.05, 0) is 44.5 Å². The minimum Gasteiger partial charge on any atom is -0.285 e. The highest BCUT2D eigenvalue weighted by Gasteiger charge is 2.43. The molecular formula is C13H8BrNO4S2. The first-order valence-corrected chi connectivity index (χ1v) is 9.06. The topological polar surface area (TPSA) is 80.3 Å². The van der Waals surface area contributed by atoms with E-state index in [2.05, 4.69) is 15.9 Å². The SMILES string of the molecule is O=C1NC(=O)C(S(=O)(=O)c2ccc3ccccc3c2Br)S1. The van der Waals surface area contributed by atoms with E-state index in [9.17, 15) is 18.0 Å². The molecule has 0 saturated carbocycles. The summed E-state index contributed by atoms with van der Waals surface area (Å²) < 4.78 is 24.1. The van der Waals surface area contributed by atoms with Gasteiger partial charge in [0.2, 0.25) is 9.84 Å². The summed E-state index contributed by atoms with van der Waals surface area (Å²) in [4.78, 5) is 22.8. The maximum absolute atomic E-state index is 12.6. The fourth-order valence-electron chi connectivity index (χ4n) is 2.09. The first-order valence-electron chi connectivity index (χ1n) is 5.84. The van der Waals surface area contributed by atoms with Gasteiger partial charge in [0.15, 0.2) is 4.58 Å². The van der Waals surface area contributed by atoms with Crippen molar-refractivity contribution in [3.05, 3.63) is 40.9 Å². The Morgan fingerprint density at radius 2 is 1.81 bits per heavy atom. The molecule has 1 atom stereocenters. The lowest BCUT2D eigenvalue weighted by molar-refractivity contribution is -0.117. The first-order chi connectivity index (χ1) is 9.91. The van der Waals surface area contributed by atoms with Crippen LogP contribution in [-0.2, 0) is 14.6 Å². The molecule has 2 aromatic carbocycles. The van der Waals surface area contributed by atoms with Crippen LogP contribution in [0.2, 0.25) is 0 Å². The van der Waals surface area contributed by atoms with Gasteiger partial charge in [-0.3, -0.25) is 14.9 Å². The summed E-state index contributed by atoms with van der Waals surface area (Å²) in [7, 11) is -3.96. The van der Waals surface area contributed by atoms with Gasteiger partial charge >= 0.3 is 0 Å². The molecule has 5 nitrogen and oxygen atoms in total. The van der Waals surface area contributed by atoms with Gasteiger partial charge in [-0.15, -0.1) is 0 Å². The second-order valence-electron chi connectivity index (χ2n) is 4.37. The van der Waals surface area contributed by atoms with Crippen LogP contribution in [0, 0.1) is 0 Å². The Morgan fingerprint density at radius 3 is 2.48 bits per heavy atom. The molecule has 0 aromatic heterocycles. The van der Waals surface area contributed by atoms with E-state index in [-0.39, 0.29) is 4.90 Å². The summed E-state index contributed by atoms with van der Waals surface area (Å²) in [5, 5.41) is 2.95. The summed E-state index contributed by atoms with van der Waals surface area (Å²) >= 11 is 3.78. The van der Waals surface area contributed by atoms with Gasteiger partial charge in [-0.1, -0.05) is 30.3 Å². The van der Waals surface area contributed by atoms with Crippen molar-refractivity contribution in [1.29, 1.82) is 0 Å². The van der Waals surface area contributed by atoms with E-state index in [4.69, 9.17) is 0 Å². The molecule has 21 heavy (non-hydrogen) atoms. The number of rotatable bonds is 2. The molecule has 1 aliphatic heterocycles. The highest BCUT2D eigenvalue weighted by atomic mass is 79.9. The Kier molecular flexibility index (Phi) is 3.54. The van der Waals surface area contributed by atoms with Crippen molar-refractivity contribution in [1.82, 2.24) is 5.32 Å². The van der Waals surface area contributed by atoms with Crippen LogP contribution in [0.15, 0.2) is 45.8 Å². The molecule has 108 valence electrons. The molecule has 1 fully saturated rings. The zero-order valence-electron chi connectivity index (χ0n) is 10.4. The maximum atomic E-state index is 12.6. The molecule has 0 spiro atoms. The number of thioether (sulfide) groups is 1. The normalized spacial score (nSPS) is 19.0. The molecule has 1 unspecified atom stereocenters. The quantitative estimate of drug-likeness (QED) is 0.859. The van der Waals surface area contributed by atoms with Crippen LogP contribution >= 0.6 is 27.7 Å². The van der Waals surface area contributed by atoms with E-state index in [0.29, 0.717) is 16.2 Å². The van der Waals surface area contributed by atoms with Gasteiger partial charge in [-0.25, -0.2) is 8.42 Å². The first kappa shape index (κ1) is 14.6. The van der Waals surface area contributed by atoms with Gasteiger partial charge in [0.1, 0.15) is 0 Å². The summed E-state index contributed by atoms with van der Waals surface area (Å²) in [6, 6.07) is 10.4. The molecular weight excluding hydrogens is 378 g/mol.